The van der Waals surface area contributed by atoms with Crippen LogP contribution in [0.3, 0.4) is 0 Å². The number of nitrogens with one attached hydrogen (secondary N) is 2. The van der Waals surface area contributed by atoms with Crippen LogP contribution < -0.4 is 10.6 Å². The van der Waals surface area contributed by atoms with Crippen LogP contribution >= 0.6 is 10.0 Å². The Morgan fingerprint density at radius 3 is 1.91 bits per heavy atom. The molecule has 1 aliphatic rings. The van der Waals surface area contributed by atoms with E-state index in [1.807, 2.05) is 79.4 Å². The molecule has 2 atom stereocenters. The highest BCUT2D eigenvalue weighted by Gasteiger charge is 2.45. The van der Waals surface area contributed by atoms with Gasteiger partial charge in [0.2, 0.25) is 5.91 Å². The lowest BCUT2D eigenvalue weighted by Crippen LogP contribution is -2.54. The van der Waals surface area contributed by atoms with Crippen LogP contribution in [0.4, 0.5) is 4.79 Å². The molecule has 0 saturated carbocycles. The van der Waals surface area contributed by atoms with Gasteiger partial charge in [-0.05, 0) is 48.4 Å². The Hall–Kier alpha value is -4.68. The number of benzene rings is 3. The van der Waals surface area contributed by atoms with Gasteiger partial charge in [0.15, 0.2) is 6.04 Å². The predicted octanol–water partition coefficient (Wildman–Crippen LogP) is 3.43. The fraction of sp³-hybridized carbons (Fsp3) is 0.343. The van der Waals surface area contributed by atoms with E-state index in [0.717, 1.165) is 16.0 Å². The molecular weight excluding hydrogens is 620 g/mol. The van der Waals surface area contributed by atoms with Crippen molar-refractivity contribution in [3.63, 3.8) is 0 Å². The number of imide groups is 1. The minimum absolute atomic E-state index is 0.00657. The molecular formula is C35H42N4O7S. The van der Waals surface area contributed by atoms with Crippen molar-refractivity contribution in [1.29, 1.82) is 0 Å². The third-order valence-corrected chi connectivity index (χ3v) is 8.26. The fourth-order valence-electron chi connectivity index (χ4n) is 5.02. The van der Waals surface area contributed by atoms with Crippen molar-refractivity contribution < 1.29 is 33.4 Å². The highest BCUT2D eigenvalue weighted by molar-refractivity contribution is 8.32. The van der Waals surface area contributed by atoms with Crippen molar-refractivity contribution in [2.45, 2.75) is 25.1 Å². The molecule has 0 aromatic heterocycles. The van der Waals surface area contributed by atoms with Crippen LogP contribution in [-0.2, 0) is 32.1 Å². The summed E-state index contributed by atoms with van der Waals surface area (Å²) < 4.78 is 11.3. The first-order valence-electron chi connectivity index (χ1n) is 15.2. The quantitative estimate of drug-likeness (QED) is 0.187. The summed E-state index contributed by atoms with van der Waals surface area (Å²) in [5.74, 6) is -2.21. The second kappa shape index (κ2) is 16.2. The number of amides is 4. The Balaban J connectivity index is 1.58. The van der Waals surface area contributed by atoms with Crippen LogP contribution in [0.25, 0.3) is 0 Å². The molecule has 3 aromatic rings. The summed E-state index contributed by atoms with van der Waals surface area (Å²) in [6, 6.07) is 22.9. The van der Waals surface area contributed by atoms with Crippen molar-refractivity contribution in [1.82, 2.24) is 20.4 Å². The van der Waals surface area contributed by atoms with Gasteiger partial charge in [-0.25, -0.2) is 19.6 Å². The van der Waals surface area contributed by atoms with Gasteiger partial charge in [0.25, 0.3) is 11.8 Å². The van der Waals surface area contributed by atoms with Crippen molar-refractivity contribution in [2.24, 2.45) is 0 Å². The lowest BCUT2D eigenvalue weighted by atomic mass is 10.1. The molecule has 2 unspecified atom stereocenters. The lowest BCUT2D eigenvalue weighted by molar-refractivity contribution is -0.146. The number of hydrogen-bond acceptors (Lipinski definition) is 8. The summed E-state index contributed by atoms with van der Waals surface area (Å²) in [6.45, 7) is -0.273. The standard InChI is InChI=1S/C35H42N4O7S/c1-36-31(40)29(21-25-13-7-5-8-14-25)37-19-20-38(35(44)45-23-26-15-9-6-10-16-26)22-30(34(43)46-24-47(2,3)4)39-32(41)27-17-11-12-18-28(27)33(39)42/h5-18,29-30,37H,19-24H2,1-4H3,(H,36,40). The number of rotatable bonds is 15. The van der Waals surface area contributed by atoms with E-state index in [-0.39, 0.29) is 49.2 Å². The Morgan fingerprint density at radius 2 is 1.36 bits per heavy atom. The molecule has 0 radical (unpaired) electrons. The van der Waals surface area contributed by atoms with E-state index in [2.05, 4.69) is 10.6 Å². The third kappa shape index (κ3) is 9.66. The van der Waals surface area contributed by atoms with Crippen LogP contribution in [0.5, 0.6) is 0 Å². The first-order valence-corrected chi connectivity index (χ1v) is 18.2. The van der Waals surface area contributed by atoms with E-state index in [0.29, 0.717) is 6.42 Å². The Morgan fingerprint density at radius 1 is 0.809 bits per heavy atom. The Bertz CT molecular complexity index is 1530. The number of likely N-dealkylation sites (N-methyl/N-ethyl adjacent to an activating group) is 1. The summed E-state index contributed by atoms with van der Waals surface area (Å²) in [4.78, 5) is 69.2. The summed E-state index contributed by atoms with van der Waals surface area (Å²) in [7, 11) is 0.263. The molecule has 0 aliphatic carbocycles. The molecule has 0 saturated heterocycles. The van der Waals surface area contributed by atoms with Crippen LogP contribution in [0.15, 0.2) is 84.9 Å². The van der Waals surface area contributed by atoms with Gasteiger partial charge in [-0.3, -0.25) is 19.3 Å². The number of fused-ring (bicyclic) bond motifs is 1. The summed E-state index contributed by atoms with van der Waals surface area (Å²) in [5.41, 5.74) is 2.05. The van der Waals surface area contributed by atoms with Crippen LogP contribution in [0.1, 0.15) is 31.8 Å². The van der Waals surface area contributed by atoms with Crippen LogP contribution in [-0.4, -0.2) is 103 Å². The van der Waals surface area contributed by atoms with Gasteiger partial charge in [0.1, 0.15) is 12.5 Å². The second-order valence-electron chi connectivity index (χ2n) is 12.0. The number of carbonyl (C=O) groups excluding carboxylic acids is 5. The highest BCUT2D eigenvalue weighted by atomic mass is 32.3. The number of carbonyl (C=O) groups is 5. The first kappa shape index (κ1) is 35.2. The average molecular weight is 663 g/mol. The number of esters is 1. The Kier molecular flexibility index (Phi) is 12.2. The maximum atomic E-state index is 13.7. The largest absolute Gasteiger partial charge is 0.455 e. The lowest BCUT2D eigenvalue weighted by Gasteiger charge is -2.32. The fourth-order valence-corrected chi connectivity index (χ4v) is 5.49. The number of hydrogen-bond donors (Lipinski definition) is 2. The van der Waals surface area contributed by atoms with Gasteiger partial charge in [-0.15, -0.1) is 0 Å². The number of nitrogens with zero attached hydrogens (tertiary/aromatic N) is 2. The summed E-state index contributed by atoms with van der Waals surface area (Å²) in [6.07, 6.45) is 5.54. The monoisotopic (exact) mass is 662 g/mol. The van der Waals surface area contributed by atoms with E-state index in [1.54, 1.807) is 19.2 Å². The topological polar surface area (TPSA) is 134 Å². The number of ether oxygens (including phenoxy) is 2. The smallest absolute Gasteiger partial charge is 0.410 e. The zero-order valence-corrected chi connectivity index (χ0v) is 28.0. The van der Waals surface area contributed by atoms with Gasteiger partial charge in [0, 0.05) is 20.1 Å². The van der Waals surface area contributed by atoms with Gasteiger partial charge in [-0.1, -0.05) is 72.8 Å². The van der Waals surface area contributed by atoms with Gasteiger partial charge < -0.3 is 25.0 Å². The van der Waals surface area contributed by atoms with Gasteiger partial charge in [0.05, 0.1) is 23.7 Å². The highest BCUT2D eigenvalue weighted by Crippen LogP contribution is 2.34. The van der Waals surface area contributed by atoms with Crippen LogP contribution in [0, 0.1) is 0 Å². The first-order chi connectivity index (χ1) is 22.5. The molecule has 3 aromatic carbocycles. The van der Waals surface area contributed by atoms with Crippen molar-refractivity contribution in [3.8, 4) is 0 Å². The zero-order valence-electron chi connectivity index (χ0n) is 27.1. The Labute approximate surface area is 276 Å². The van der Waals surface area contributed by atoms with Crippen molar-refractivity contribution in [2.75, 3.05) is 51.4 Å². The van der Waals surface area contributed by atoms with Gasteiger partial charge >= 0.3 is 12.1 Å². The minimum Gasteiger partial charge on any atom is -0.455 e. The minimum atomic E-state index is -1.44. The second-order valence-corrected chi connectivity index (χ2v) is 16.4. The van der Waals surface area contributed by atoms with E-state index >= 15 is 0 Å². The maximum Gasteiger partial charge on any atom is 0.410 e. The van der Waals surface area contributed by atoms with E-state index in [1.165, 1.54) is 17.0 Å². The summed E-state index contributed by atoms with van der Waals surface area (Å²) in [5, 5.41) is 5.87. The molecule has 4 rings (SSSR count). The molecule has 11 nitrogen and oxygen atoms in total. The molecule has 1 aliphatic heterocycles. The SMILES string of the molecule is CNC(=O)C(Cc1ccccc1)NCCN(CC(C(=O)OCS(C)(C)C)N1C(=O)c2ccccc2C1=O)C(=O)OCc1ccccc1. The maximum absolute atomic E-state index is 13.7. The average Bonchev–Trinajstić information content (AvgIpc) is 3.32. The van der Waals surface area contributed by atoms with E-state index < -0.39 is 46.0 Å². The van der Waals surface area contributed by atoms with Crippen LogP contribution in [0.2, 0.25) is 0 Å². The predicted molar refractivity (Wildman–Crippen MR) is 181 cm³/mol. The molecule has 12 heteroatoms. The van der Waals surface area contributed by atoms with Gasteiger partial charge in [-0.2, -0.15) is 0 Å². The van der Waals surface area contributed by atoms with Crippen molar-refractivity contribution >= 4 is 39.8 Å². The zero-order chi connectivity index (χ0) is 34.0. The third-order valence-electron chi connectivity index (χ3n) is 7.44. The molecule has 0 fully saturated rings. The van der Waals surface area contributed by atoms with Crippen molar-refractivity contribution in [3.05, 3.63) is 107 Å². The molecule has 47 heavy (non-hydrogen) atoms. The molecule has 0 spiro atoms. The molecule has 4 amide bonds. The molecule has 250 valence electrons. The molecule has 0 bridgehead atoms. The van der Waals surface area contributed by atoms with E-state index in [9.17, 15) is 24.0 Å². The molecule has 2 N–H and O–H groups in total. The molecule has 1 heterocycles. The van der Waals surface area contributed by atoms with E-state index in [4.69, 9.17) is 9.47 Å². The normalized spacial score (nSPS) is 14.2. The summed E-state index contributed by atoms with van der Waals surface area (Å²) >= 11 is 0.